The van der Waals surface area contributed by atoms with Crippen molar-refractivity contribution in [3.63, 3.8) is 0 Å². The highest BCUT2D eigenvalue weighted by atomic mass is 32.1. The monoisotopic (exact) mass is 250 g/mol. The first-order chi connectivity index (χ1) is 8.29. The minimum atomic E-state index is -0.0657. The van der Waals surface area contributed by atoms with Crippen LogP contribution in [-0.2, 0) is 6.54 Å². The smallest absolute Gasteiger partial charge is 0.104 e. The van der Waals surface area contributed by atoms with E-state index in [-0.39, 0.29) is 6.61 Å². The SMILES string of the molecule is CN1CCN(Cc2sccc2C#CCO)CC1. The molecule has 1 aliphatic rings. The van der Waals surface area contributed by atoms with Gasteiger partial charge in [-0.05, 0) is 18.5 Å². The second-order valence-electron chi connectivity index (χ2n) is 4.30. The molecule has 2 heterocycles. The van der Waals surface area contributed by atoms with Crippen LogP contribution in [0.1, 0.15) is 10.4 Å². The molecule has 4 heteroatoms. The van der Waals surface area contributed by atoms with Gasteiger partial charge < -0.3 is 10.0 Å². The van der Waals surface area contributed by atoms with Crippen molar-refractivity contribution in [1.29, 1.82) is 0 Å². The van der Waals surface area contributed by atoms with Crippen LogP contribution in [0, 0.1) is 11.8 Å². The number of piperazine rings is 1. The summed E-state index contributed by atoms with van der Waals surface area (Å²) in [5.41, 5.74) is 1.07. The number of likely N-dealkylation sites (N-methyl/N-ethyl adjacent to an activating group) is 1. The Balaban J connectivity index is 1.96. The maximum Gasteiger partial charge on any atom is 0.104 e. The van der Waals surface area contributed by atoms with Crippen molar-refractivity contribution in [3.8, 4) is 11.8 Å². The predicted octanol–water partition coefficient (Wildman–Crippen LogP) is 0.839. The van der Waals surface area contributed by atoms with Gasteiger partial charge in [0, 0.05) is 43.2 Å². The number of thiophene rings is 1. The molecule has 1 fully saturated rings. The number of hydrogen-bond acceptors (Lipinski definition) is 4. The van der Waals surface area contributed by atoms with E-state index in [2.05, 4.69) is 34.1 Å². The van der Waals surface area contributed by atoms with Crippen LogP contribution < -0.4 is 0 Å². The lowest BCUT2D eigenvalue weighted by molar-refractivity contribution is 0.149. The van der Waals surface area contributed by atoms with Crippen LogP contribution in [0.5, 0.6) is 0 Å². The maximum absolute atomic E-state index is 8.72. The molecule has 17 heavy (non-hydrogen) atoms. The van der Waals surface area contributed by atoms with Gasteiger partial charge in [0.15, 0.2) is 0 Å². The van der Waals surface area contributed by atoms with Crippen molar-refractivity contribution in [2.45, 2.75) is 6.54 Å². The summed E-state index contributed by atoms with van der Waals surface area (Å²) >= 11 is 1.76. The molecule has 1 saturated heterocycles. The molecule has 0 aromatic carbocycles. The third-order valence-corrected chi connectivity index (χ3v) is 3.92. The molecule has 1 aliphatic heterocycles. The molecule has 2 rings (SSSR count). The summed E-state index contributed by atoms with van der Waals surface area (Å²) in [6.45, 7) is 5.46. The summed E-state index contributed by atoms with van der Waals surface area (Å²) in [6, 6.07) is 2.04. The zero-order valence-electron chi connectivity index (χ0n) is 10.1. The molecule has 3 nitrogen and oxygen atoms in total. The van der Waals surface area contributed by atoms with E-state index in [0.29, 0.717) is 0 Å². The summed E-state index contributed by atoms with van der Waals surface area (Å²) < 4.78 is 0. The zero-order valence-corrected chi connectivity index (χ0v) is 11.0. The van der Waals surface area contributed by atoms with Gasteiger partial charge in [-0.2, -0.15) is 0 Å². The molecule has 0 bridgehead atoms. The van der Waals surface area contributed by atoms with E-state index in [0.717, 1.165) is 38.3 Å². The Kier molecular flexibility index (Phi) is 4.57. The summed E-state index contributed by atoms with van der Waals surface area (Å²) in [5, 5.41) is 10.8. The third-order valence-electron chi connectivity index (χ3n) is 3.01. The Labute approximate surface area is 107 Å². The van der Waals surface area contributed by atoms with Crippen LogP contribution in [0.25, 0.3) is 0 Å². The molecule has 0 aliphatic carbocycles. The first-order valence-corrected chi connectivity index (χ1v) is 6.74. The second kappa shape index (κ2) is 6.18. The predicted molar refractivity (Wildman–Crippen MR) is 71.1 cm³/mol. The van der Waals surface area contributed by atoms with Crippen molar-refractivity contribution in [2.24, 2.45) is 0 Å². The third kappa shape index (κ3) is 3.55. The van der Waals surface area contributed by atoms with Gasteiger partial charge in [-0.15, -0.1) is 11.3 Å². The number of aliphatic hydroxyl groups excluding tert-OH is 1. The van der Waals surface area contributed by atoms with Crippen molar-refractivity contribution in [1.82, 2.24) is 9.80 Å². The number of hydrogen-bond donors (Lipinski definition) is 1. The fraction of sp³-hybridized carbons (Fsp3) is 0.538. The van der Waals surface area contributed by atoms with E-state index < -0.39 is 0 Å². The zero-order chi connectivity index (χ0) is 12.1. The van der Waals surface area contributed by atoms with Gasteiger partial charge in [0.05, 0.1) is 0 Å². The lowest BCUT2D eigenvalue weighted by Gasteiger charge is -2.32. The van der Waals surface area contributed by atoms with Crippen LogP contribution >= 0.6 is 11.3 Å². The second-order valence-corrected chi connectivity index (χ2v) is 5.30. The van der Waals surface area contributed by atoms with E-state index in [9.17, 15) is 0 Å². The van der Waals surface area contributed by atoms with E-state index >= 15 is 0 Å². The molecule has 1 aromatic heterocycles. The Morgan fingerprint density at radius 2 is 2.12 bits per heavy atom. The lowest BCUT2D eigenvalue weighted by Crippen LogP contribution is -2.43. The largest absolute Gasteiger partial charge is 0.384 e. The van der Waals surface area contributed by atoms with E-state index in [1.165, 1.54) is 4.88 Å². The standard InChI is InChI=1S/C13H18N2OS/c1-14-5-7-15(8-6-14)11-13-12(3-2-9-16)4-10-17-13/h4,10,16H,5-9,11H2,1H3. The first-order valence-electron chi connectivity index (χ1n) is 5.86. The normalized spacial score (nSPS) is 17.8. The van der Waals surface area contributed by atoms with Crippen LogP contribution in [0.2, 0.25) is 0 Å². The molecule has 0 radical (unpaired) electrons. The van der Waals surface area contributed by atoms with Crippen molar-refractivity contribution >= 4 is 11.3 Å². The quantitative estimate of drug-likeness (QED) is 0.788. The average Bonchev–Trinajstić information content (AvgIpc) is 2.77. The van der Waals surface area contributed by atoms with Gasteiger partial charge in [0.1, 0.15) is 6.61 Å². The number of rotatable bonds is 2. The minimum Gasteiger partial charge on any atom is -0.384 e. The highest BCUT2D eigenvalue weighted by molar-refractivity contribution is 7.10. The Bertz CT molecular complexity index is 411. The summed E-state index contributed by atoms with van der Waals surface area (Å²) in [4.78, 5) is 6.14. The highest BCUT2D eigenvalue weighted by Gasteiger charge is 2.15. The van der Waals surface area contributed by atoms with Gasteiger partial charge in [-0.25, -0.2) is 0 Å². The average molecular weight is 250 g/mol. The molecule has 0 saturated carbocycles. The van der Waals surface area contributed by atoms with Gasteiger partial charge in [-0.3, -0.25) is 4.90 Å². The fourth-order valence-electron chi connectivity index (χ4n) is 1.92. The van der Waals surface area contributed by atoms with Gasteiger partial charge in [-0.1, -0.05) is 11.8 Å². The van der Waals surface area contributed by atoms with Crippen molar-refractivity contribution < 1.29 is 5.11 Å². The van der Waals surface area contributed by atoms with E-state index in [1.807, 2.05) is 6.07 Å². The molecule has 0 spiro atoms. The Morgan fingerprint density at radius 1 is 1.35 bits per heavy atom. The number of nitrogens with zero attached hydrogens (tertiary/aromatic N) is 2. The lowest BCUT2D eigenvalue weighted by atomic mass is 10.2. The molecule has 1 N–H and O–H groups in total. The minimum absolute atomic E-state index is 0.0657. The molecule has 1 aromatic rings. The summed E-state index contributed by atoms with van der Waals surface area (Å²) in [7, 11) is 2.17. The molecule has 0 amide bonds. The van der Waals surface area contributed by atoms with E-state index in [1.54, 1.807) is 11.3 Å². The Hall–Kier alpha value is -0.860. The molecule has 92 valence electrons. The van der Waals surface area contributed by atoms with Crippen LogP contribution in [0.15, 0.2) is 11.4 Å². The summed E-state index contributed by atoms with van der Waals surface area (Å²) in [5.74, 6) is 5.74. The van der Waals surface area contributed by atoms with Gasteiger partial charge in [0.2, 0.25) is 0 Å². The van der Waals surface area contributed by atoms with Crippen LogP contribution in [0.4, 0.5) is 0 Å². The maximum atomic E-state index is 8.72. The van der Waals surface area contributed by atoms with Gasteiger partial charge in [0.25, 0.3) is 0 Å². The molecule has 0 unspecified atom stereocenters. The fourth-order valence-corrected chi connectivity index (χ4v) is 2.79. The summed E-state index contributed by atoms with van der Waals surface area (Å²) in [6.07, 6.45) is 0. The van der Waals surface area contributed by atoms with Crippen molar-refractivity contribution in [2.75, 3.05) is 39.8 Å². The first kappa shape index (κ1) is 12.6. The molecule has 0 atom stereocenters. The van der Waals surface area contributed by atoms with Gasteiger partial charge >= 0.3 is 0 Å². The van der Waals surface area contributed by atoms with Crippen molar-refractivity contribution in [3.05, 3.63) is 21.9 Å². The van der Waals surface area contributed by atoms with Crippen LogP contribution in [-0.4, -0.2) is 54.7 Å². The van der Waals surface area contributed by atoms with Crippen LogP contribution in [0.3, 0.4) is 0 Å². The number of aliphatic hydroxyl groups is 1. The van der Waals surface area contributed by atoms with E-state index in [4.69, 9.17) is 5.11 Å². The molecular weight excluding hydrogens is 232 g/mol. The highest BCUT2D eigenvalue weighted by Crippen LogP contribution is 2.18. The Morgan fingerprint density at radius 3 is 2.82 bits per heavy atom. The topological polar surface area (TPSA) is 26.7 Å². The molecular formula is C13H18N2OS.